The number of nitrogens with zero attached hydrogens (tertiary/aromatic N) is 1. The first-order chi connectivity index (χ1) is 9.51. The van der Waals surface area contributed by atoms with Crippen LogP contribution in [0.2, 0.25) is 5.02 Å². The molecule has 1 aliphatic carbocycles. The molecule has 0 saturated heterocycles. The number of hydrogen-bond acceptors (Lipinski definition) is 4. The van der Waals surface area contributed by atoms with E-state index in [2.05, 4.69) is 5.32 Å². The van der Waals surface area contributed by atoms with Crippen LogP contribution in [0.15, 0.2) is 30.4 Å². The van der Waals surface area contributed by atoms with Gasteiger partial charge in [0.05, 0.1) is 4.92 Å². The molecule has 2 rings (SSSR count). The third-order valence-corrected chi connectivity index (χ3v) is 3.43. The number of carbonyl (C=O) groups is 1. The van der Waals surface area contributed by atoms with Crippen LogP contribution >= 0.6 is 11.6 Å². The molecule has 1 aromatic rings. The molecule has 0 unspecified atom stereocenters. The van der Waals surface area contributed by atoms with Gasteiger partial charge in [0.25, 0.3) is 11.6 Å². The molecule has 0 heterocycles. The van der Waals surface area contributed by atoms with Crippen LogP contribution in [-0.4, -0.2) is 28.6 Å². The highest BCUT2D eigenvalue weighted by molar-refractivity contribution is 6.33. The van der Waals surface area contributed by atoms with E-state index in [1.54, 1.807) is 0 Å². The van der Waals surface area contributed by atoms with E-state index in [0.29, 0.717) is 6.42 Å². The fraction of sp³-hybridized carbons (Fsp3) is 0.308. The van der Waals surface area contributed by atoms with Gasteiger partial charge in [0.15, 0.2) is 0 Å². The lowest BCUT2D eigenvalue weighted by atomic mass is 10.1. The minimum absolute atomic E-state index is 0.0478. The summed E-state index contributed by atoms with van der Waals surface area (Å²) in [6.07, 6.45) is 4.32. The molecule has 2 atom stereocenters. The Morgan fingerprint density at radius 2 is 2.25 bits per heavy atom. The van der Waals surface area contributed by atoms with Gasteiger partial charge in [0.2, 0.25) is 0 Å². The minimum Gasteiger partial charge on any atom is -0.396 e. The molecule has 1 amide bonds. The van der Waals surface area contributed by atoms with Gasteiger partial charge in [-0.1, -0.05) is 23.8 Å². The lowest BCUT2D eigenvalue weighted by Gasteiger charge is -2.12. The van der Waals surface area contributed by atoms with Gasteiger partial charge in [-0.15, -0.1) is 0 Å². The summed E-state index contributed by atoms with van der Waals surface area (Å²) in [7, 11) is 0. The van der Waals surface area contributed by atoms with Gasteiger partial charge < -0.3 is 10.4 Å². The molecule has 1 aromatic carbocycles. The highest BCUT2D eigenvalue weighted by Crippen LogP contribution is 2.25. The van der Waals surface area contributed by atoms with Gasteiger partial charge in [0, 0.05) is 30.2 Å². The summed E-state index contributed by atoms with van der Waals surface area (Å²) in [5, 5.41) is 22.3. The van der Waals surface area contributed by atoms with Crippen molar-refractivity contribution < 1.29 is 14.8 Å². The zero-order valence-corrected chi connectivity index (χ0v) is 11.2. The van der Waals surface area contributed by atoms with Gasteiger partial charge in [-0.2, -0.15) is 0 Å². The van der Waals surface area contributed by atoms with E-state index in [4.69, 9.17) is 16.7 Å². The molecule has 0 fully saturated rings. The van der Waals surface area contributed by atoms with Crippen LogP contribution < -0.4 is 5.32 Å². The van der Waals surface area contributed by atoms with Crippen molar-refractivity contribution in [1.29, 1.82) is 0 Å². The van der Waals surface area contributed by atoms with Crippen LogP contribution in [0.25, 0.3) is 0 Å². The molecular weight excluding hydrogens is 284 g/mol. The number of nitro groups is 1. The fourth-order valence-electron chi connectivity index (χ4n) is 2.06. The van der Waals surface area contributed by atoms with Crippen molar-refractivity contribution in [1.82, 2.24) is 5.32 Å². The quantitative estimate of drug-likeness (QED) is 0.504. The maximum atomic E-state index is 12.0. The number of aliphatic hydroxyl groups excluding tert-OH is 1. The molecule has 0 bridgehead atoms. The Morgan fingerprint density at radius 3 is 2.80 bits per heavy atom. The summed E-state index contributed by atoms with van der Waals surface area (Å²) in [6.45, 7) is 0.0478. The average Bonchev–Trinajstić information content (AvgIpc) is 2.85. The molecule has 0 aliphatic heterocycles. The normalized spacial score (nSPS) is 20.9. The van der Waals surface area contributed by atoms with E-state index in [-0.39, 0.29) is 40.7 Å². The Morgan fingerprint density at radius 1 is 1.50 bits per heavy atom. The van der Waals surface area contributed by atoms with Crippen molar-refractivity contribution in [3.63, 3.8) is 0 Å². The van der Waals surface area contributed by atoms with Crippen molar-refractivity contribution in [2.24, 2.45) is 5.92 Å². The first kappa shape index (κ1) is 14.5. The van der Waals surface area contributed by atoms with Crippen LogP contribution in [0.1, 0.15) is 16.8 Å². The lowest BCUT2D eigenvalue weighted by molar-refractivity contribution is -0.384. The van der Waals surface area contributed by atoms with E-state index < -0.39 is 4.92 Å². The third kappa shape index (κ3) is 3.15. The van der Waals surface area contributed by atoms with Gasteiger partial charge in [-0.25, -0.2) is 0 Å². The van der Waals surface area contributed by atoms with E-state index >= 15 is 0 Å². The summed E-state index contributed by atoms with van der Waals surface area (Å²) in [5.74, 6) is -0.296. The predicted molar refractivity (Wildman–Crippen MR) is 73.7 cm³/mol. The number of amides is 1. The standard InChI is InChI=1S/C13H13ClN2O4/c14-11-6-9(2-4-12(11)16(19)20)13(18)15-10-3-1-8(5-10)7-17/h1-4,6,8,10,17H,5,7H2,(H,15,18)/t8-,10+/m0/s1. The van der Waals surface area contributed by atoms with Crippen molar-refractivity contribution in [3.05, 3.63) is 51.1 Å². The number of carbonyl (C=O) groups excluding carboxylic acids is 1. The number of nitro benzene ring substituents is 1. The Bertz CT molecular complexity index is 573. The Kier molecular flexibility index (Phi) is 4.36. The SMILES string of the molecule is O=C(N[C@@H]1C=C[C@H](CO)C1)c1ccc([N+](=O)[O-])c(Cl)c1. The minimum atomic E-state index is -0.602. The van der Waals surface area contributed by atoms with Gasteiger partial charge in [-0.3, -0.25) is 14.9 Å². The van der Waals surface area contributed by atoms with Crippen LogP contribution in [0.5, 0.6) is 0 Å². The fourth-order valence-corrected chi connectivity index (χ4v) is 2.31. The van der Waals surface area contributed by atoms with Gasteiger partial charge >= 0.3 is 0 Å². The lowest BCUT2D eigenvalue weighted by Crippen LogP contribution is -2.32. The molecule has 6 nitrogen and oxygen atoms in total. The van der Waals surface area contributed by atoms with Crippen molar-refractivity contribution in [2.75, 3.05) is 6.61 Å². The predicted octanol–water partition coefficient (Wildman–Crippen LogP) is 1.91. The molecule has 106 valence electrons. The number of halogens is 1. The summed E-state index contributed by atoms with van der Waals surface area (Å²) in [5.41, 5.74) is 0.0331. The zero-order valence-electron chi connectivity index (χ0n) is 10.5. The highest BCUT2D eigenvalue weighted by atomic mass is 35.5. The van der Waals surface area contributed by atoms with Crippen LogP contribution in [0.4, 0.5) is 5.69 Å². The number of rotatable bonds is 4. The molecular formula is C13H13ClN2O4. The molecule has 0 spiro atoms. The first-order valence-electron chi connectivity index (χ1n) is 6.05. The molecule has 0 radical (unpaired) electrons. The van der Waals surface area contributed by atoms with Crippen LogP contribution in [0, 0.1) is 16.0 Å². The maximum Gasteiger partial charge on any atom is 0.287 e. The average molecular weight is 297 g/mol. The van der Waals surface area contributed by atoms with Crippen LogP contribution in [-0.2, 0) is 0 Å². The van der Waals surface area contributed by atoms with Gasteiger partial charge in [0.1, 0.15) is 5.02 Å². The molecule has 0 saturated carbocycles. The largest absolute Gasteiger partial charge is 0.396 e. The second-order valence-electron chi connectivity index (χ2n) is 4.57. The number of hydrogen-bond donors (Lipinski definition) is 2. The van der Waals surface area contributed by atoms with E-state index in [9.17, 15) is 14.9 Å². The second-order valence-corrected chi connectivity index (χ2v) is 4.97. The monoisotopic (exact) mass is 296 g/mol. The van der Waals surface area contributed by atoms with E-state index in [1.165, 1.54) is 18.2 Å². The van der Waals surface area contributed by atoms with Crippen molar-refractivity contribution in [3.8, 4) is 0 Å². The topological polar surface area (TPSA) is 92.5 Å². The van der Waals surface area contributed by atoms with Crippen molar-refractivity contribution >= 4 is 23.2 Å². The number of nitrogens with one attached hydrogen (secondary N) is 1. The van der Waals surface area contributed by atoms with Crippen molar-refractivity contribution in [2.45, 2.75) is 12.5 Å². The summed E-state index contributed by atoms with van der Waals surface area (Å²) in [4.78, 5) is 22.0. The second kappa shape index (κ2) is 6.02. The number of benzene rings is 1. The Hall–Kier alpha value is -1.92. The Balaban J connectivity index is 2.05. The third-order valence-electron chi connectivity index (χ3n) is 3.13. The Labute approximate surface area is 120 Å². The summed E-state index contributed by atoms with van der Waals surface area (Å²) >= 11 is 5.76. The zero-order chi connectivity index (χ0) is 14.7. The molecule has 7 heteroatoms. The molecule has 20 heavy (non-hydrogen) atoms. The molecule has 2 N–H and O–H groups in total. The van der Waals surface area contributed by atoms with E-state index in [0.717, 1.165) is 0 Å². The highest BCUT2D eigenvalue weighted by Gasteiger charge is 2.21. The maximum absolute atomic E-state index is 12.0. The van der Waals surface area contributed by atoms with Gasteiger partial charge in [-0.05, 0) is 18.6 Å². The van der Waals surface area contributed by atoms with Crippen LogP contribution in [0.3, 0.4) is 0 Å². The summed E-state index contributed by atoms with van der Waals surface area (Å²) < 4.78 is 0. The first-order valence-corrected chi connectivity index (χ1v) is 6.43. The smallest absolute Gasteiger partial charge is 0.287 e. The van der Waals surface area contributed by atoms with E-state index in [1.807, 2.05) is 12.2 Å². The number of aliphatic hydroxyl groups is 1. The molecule has 0 aromatic heterocycles. The summed E-state index contributed by atoms with van der Waals surface area (Å²) in [6, 6.07) is 3.70. The molecule has 1 aliphatic rings.